The Hall–Kier alpha value is -2.48. The number of ether oxygens (including phenoxy) is 1. The van der Waals surface area contributed by atoms with Crippen LogP contribution in [-0.2, 0) is 6.11 Å². The summed E-state index contributed by atoms with van der Waals surface area (Å²) in [6.07, 6.45) is -3.58. The number of nitrogens with zero attached hydrogens (tertiary/aromatic N) is 1. The first-order chi connectivity index (χ1) is 9.42. The number of alkyl halides is 2. The van der Waals surface area contributed by atoms with Crippen LogP contribution in [0.2, 0.25) is 0 Å². The lowest BCUT2D eigenvalue weighted by atomic mass is 10.1. The standard InChI is InChI=1S/C15H10F3NO/c1-10-2-5-12(6-3-10)15(17,18)20-13-7-4-11(9-19)14(16)8-13/h2-8H,1H3. The molecule has 0 heterocycles. The summed E-state index contributed by atoms with van der Waals surface area (Å²) in [4.78, 5) is 0. The molecule has 102 valence electrons. The van der Waals surface area contributed by atoms with E-state index in [2.05, 4.69) is 4.74 Å². The van der Waals surface area contributed by atoms with E-state index in [4.69, 9.17) is 5.26 Å². The fourth-order valence-electron chi connectivity index (χ4n) is 1.60. The van der Waals surface area contributed by atoms with Gasteiger partial charge in [0.2, 0.25) is 0 Å². The molecule has 0 amide bonds. The lowest BCUT2D eigenvalue weighted by molar-refractivity contribution is -0.185. The van der Waals surface area contributed by atoms with E-state index in [1.165, 1.54) is 24.3 Å². The Kier molecular flexibility index (Phi) is 3.66. The van der Waals surface area contributed by atoms with Crippen LogP contribution in [0.25, 0.3) is 0 Å². The minimum atomic E-state index is -3.58. The van der Waals surface area contributed by atoms with Crippen molar-refractivity contribution in [2.75, 3.05) is 0 Å². The van der Waals surface area contributed by atoms with Gasteiger partial charge >= 0.3 is 6.11 Å². The second-order valence-electron chi connectivity index (χ2n) is 4.24. The van der Waals surface area contributed by atoms with E-state index in [0.717, 1.165) is 23.8 Å². The molecule has 0 aliphatic rings. The minimum absolute atomic E-state index is 0.226. The number of aryl methyl sites for hydroxylation is 1. The molecule has 0 aliphatic heterocycles. The molecule has 2 rings (SSSR count). The summed E-state index contributed by atoms with van der Waals surface area (Å²) < 4.78 is 45.6. The molecule has 0 radical (unpaired) electrons. The van der Waals surface area contributed by atoms with Gasteiger partial charge in [0.05, 0.1) is 11.1 Å². The van der Waals surface area contributed by atoms with Crippen molar-refractivity contribution in [2.45, 2.75) is 13.0 Å². The summed E-state index contributed by atoms with van der Waals surface area (Å²) in [5.74, 6) is -1.24. The van der Waals surface area contributed by atoms with Crippen molar-refractivity contribution in [1.29, 1.82) is 5.26 Å². The highest BCUT2D eigenvalue weighted by molar-refractivity contribution is 5.36. The number of hydrogen-bond donors (Lipinski definition) is 0. The van der Waals surface area contributed by atoms with Crippen molar-refractivity contribution in [3.63, 3.8) is 0 Å². The molecule has 2 aromatic rings. The summed E-state index contributed by atoms with van der Waals surface area (Å²) in [5.41, 5.74) is 0.290. The van der Waals surface area contributed by atoms with Gasteiger partial charge in [-0.1, -0.05) is 17.7 Å². The molecule has 0 unspecified atom stereocenters. The molecular formula is C15H10F3NO. The predicted octanol–water partition coefficient (Wildman–Crippen LogP) is 4.13. The highest BCUT2D eigenvalue weighted by Gasteiger charge is 2.34. The highest BCUT2D eigenvalue weighted by atomic mass is 19.3. The number of halogens is 3. The maximum absolute atomic E-state index is 13.9. The zero-order chi connectivity index (χ0) is 14.8. The van der Waals surface area contributed by atoms with Gasteiger partial charge in [-0.05, 0) is 31.2 Å². The first-order valence-corrected chi connectivity index (χ1v) is 5.76. The Morgan fingerprint density at radius 3 is 2.30 bits per heavy atom. The van der Waals surface area contributed by atoms with Crippen LogP contribution in [0.4, 0.5) is 13.2 Å². The molecule has 2 aromatic carbocycles. The van der Waals surface area contributed by atoms with Crippen molar-refractivity contribution < 1.29 is 17.9 Å². The van der Waals surface area contributed by atoms with E-state index < -0.39 is 11.9 Å². The van der Waals surface area contributed by atoms with Gasteiger partial charge in [0.25, 0.3) is 0 Å². The maximum Gasteiger partial charge on any atom is 0.426 e. The van der Waals surface area contributed by atoms with Crippen molar-refractivity contribution in [2.24, 2.45) is 0 Å². The van der Waals surface area contributed by atoms with Crippen LogP contribution in [0.5, 0.6) is 5.75 Å². The normalized spacial score (nSPS) is 10.9. The van der Waals surface area contributed by atoms with Crippen LogP contribution in [0.3, 0.4) is 0 Å². The quantitative estimate of drug-likeness (QED) is 0.845. The van der Waals surface area contributed by atoms with Gasteiger partial charge in [0.1, 0.15) is 17.6 Å². The lowest BCUT2D eigenvalue weighted by Crippen LogP contribution is -2.21. The molecule has 0 spiro atoms. The first kappa shape index (κ1) is 13.9. The van der Waals surface area contributed by atoms with E-state index in [0.29, 0.717) is 0 Å². The maximum atomic E-state index is 13.9. The van der Waals surface area contributed by atoms with E-state index in [1.807, 2.05) is 0 Å². The third-order valence-corrected chi connectivity index (χ3v) is 2.69. The molecule has 0 N–H and O–H groups in total. The molecular weight excluding hydrogens is 267 g/mol. The Labute approximate surface area is 114 Å². The summed E-state index contributed by atoms with van der Waals surface area (Å²) in [6.45, 7) is 1.78. The average molecular weight is 277 g/mol. The van der Waals surface area contributed by atoms with Crippen LogP contribution in [0, 0.1) is 24.1 Å². The van der Waals surface area contributed by atoms with Crippen LogP contribution in [0.15, 0.2) is 42.5 Å². The largest absolute Gasteiger partial charge is 0.429 e. The second kappa shape index (κ2) is 5.25. The lowest BCUT2D eigenvalue weighted by Gasteiger charge is -2.18. The summed E-state index contributed by atoms with van der Waals surface area (Å²) in [5, 5.41) is 8.57. The van der Waals surface area contributed by atoms with Crippen molar-refractivity contribution in [1.82, 2.24) is 0 Å². The number of rotatable bonds is 3. The van der Waals surface area contributed by atoms with Crippen LogP contribution < -0.4 is 4.74 Å². The Morgan fingerprint density at radius 2 is 1.75 bits per heavy atom. The monoisotopic (exact) mass is 277 g/mol. The van der Waals surface area contributed by atoms with Gasteiger partial charge in [-0.15, -0.1) is 0 Å². The average Bonchev–Trinajstić information content (AvgIpc) is 2.39. The first-order valence-electron chi connectivity index (χ1n) is 5.76. The molecule has 20 heavy (non-hydrogen) atoms. The second-order valence-corrected chi connectivity index (χ2v) is 4.24. The number of hydrogen-bond acceptors (Lipinski definition) is 2. The Balaban J connectivity index is 2.26. The third-order valence-electron chi connectivity index (χ3n) is 2.69. The molecule has 0 fully saturated rings. The van der Waals surface area contributed by atoms with Gasteiger partial charge in [-0.2, -0.15) is 14.0 Å². The fourth-order valence-corrected chi connectivity index (χ4v) is 1.60. The molecule has 0 saturated carbocycles. The highest BCUT2D eigenvalue weighted by Crippen LogP contribution is 2.32. The molecule has 0 saturated heterocycles. The summed E-state index contributed by atoms with van der Waals surface area (Å²) in [6, 6.07) is 10.1. The fraction of sp³-hybridized carbons (Fsp3) is 0.133. The topological polar surface area (TPSA) is 33.0 Å². The molecule has 2 nitrogen and oxygen atoms in total. The van der Waals surface area contributed by atoms with Crippen molar-refractivity contribution in [3.05, 3.63) is 65.0 Å². The Bertz CT molecular complexity index is 660. The predicted molar refractivity (Wildman–Crippen MR) is 66.8 cm³/mol. The van der Waals surface area contributed by atoms with Gasteiger partial charge in [-0.25, -0.2) is 4.39 Å². The van der Waals surface area contributed by atoms with E-state index >= 15 is 0 Å². The third kappa shape index (κ3) is 2.91. The van der Waals surface area contributed by atoms with E-state index in [9.17, 15) is 13.2 Å². The molecule has 0 bridgehead atoms. The zero-order valence-corrected chi connectivity index (χ0v) is 10.5. The molecule has 0 atom stereocenters. The smallest absolute Gasteiger partial charge is 0.426 e. The van der Waals surface area contributed by atoms with Crippen molar-refractivity contribution >= 4 is 0 Å². The Morgan fingerprint density at radius 1 is 1.10 bits per heavy atom. The van der Waals surface area contributed by atoms with Crippen LogP contribution >= 0.6 is 0 Å². The zero-order valence-electron chi connectivity index (χ0n) is 10.5. The molecule has 0 aliphatic carbocycles. The van der Waals surface area contributed by atoms with Crippen LogP contribution in [-0.4, -0.2) is 0 Å². The number of nitriles is 1. The molecule has 5 heteroatoms. The summed E-state index contributed by atoms with van der Waals surface area (Å²) in [7, 11) is 0. The van der Waals surface area contributed by atoms with Gasteiger partial charge in [0, 0.05) is 6.07 Å². The summed E-state index contributed by atoms with van der Waals surface area (Å²) >= 11 is 0. The molecule has 0 aromatic heterocycles. The van der Waals surface area contributed by atoms with E-state index in [-0.39, 0.29) is 16.9 Å². The van der Waals surface area contributed by atoms with Gasteiger partial charge in [0.15, 0.2) is 0 Å². The SMILES string of the molecule is Cc1ccc(C(F)(F)Oc2ccc(C#N)c(F)c2)cc1. The van der Waals surface area contributed by atoms with Crippen molar-refractivity contribution in [3.8, 4) is 11.8 Å². The number of benzene rings is 2. The van der Waals surface area contributed by atoms with Gasteiger partial charge < -0.3 is 4.74 Å². The minimum Gasteiger partial charge on any atom is -0.429 e. The van der Waals surface area contributed by atoms with E-state index in [1.54, 1.807) is 13.0 Å². The van der Waals surface area contributed by atoms with Gasteiger partial charge in [-0.3, -0.25) is 0 Å². The van der Waals surface area contributed by atoms with Crippen LogP contribution in [0.1, 0.15) is 16.7 Å².